The highest BCUT2D eigenvalue weighted by Gasteiger charge is 2.25. The molecule has 1 aliphatic heterocycles. The normalized spacial score (nSPS) is 12.6. The van der Waals surface area contributed by atoms with Crippen molar-refractivity contribution >= 4 is 22.6 Å². The van der Waals surface area contributed by atoms with Crippen LogP contribution in [0.3, 0.4) is 0 Å². The summed E-state index contributed by atoms with van der Waals surface area (Å²) in [5, 5.41) is 4.76. The third-order valence-electron chi connectivity index (χ3n) is 3.12. The van der Waals surface area contributed by atoms with E-state index in [4.69, 9.17) is 0 Å². The molecule has 1 aliphatic rings. The first kappa shape index (κ1) is 12.2. The molecular weight excluding hydrogens is 252 g/mol. The predicted octanol–water partition coefficient (Wildman–Crippen LogP) is 2.74. The van der Waals surface area contributed by atoms with E-state index < -0.39 is 0 Å². The Morgan fingerprint density at radius 2 is 1.10 bits per heavy atom. The van der Waals surface area contributed by atoms with Crippen molar-refractivity contribution < 1.29 is 9.59 Å². The quantitative estimate of drug-likeness (QED) is 0.613. The van der Waals surface area contributed by atoms with Gasteiger partial charge in [-0.15, -0.1) is 0 Å². The van der Waals surface area contributed by atoms with Crippen LogP contribution in [0.25, 0.3) is 10.8 Å². The van der Waals surface area contributed by atoms with Gasteiger partial charge in [0.25, 0.3) is 11.8 Å². The second kappa shape index (κ2) is 5.01. The van der Waals surface area contributed by atoms with Crippen LogP contribution >= 0.6 is 0 Å². The number of imide groups is 1. The average molecular weight is 264 g/mol. The number of rotatable bonds is 0. The number of amides is 2. The fourth-order valence-corrected chi connectivity index (χ4v) is 2.11. The zero-order chi connectivity index (χ0) is 13.9. The van der Waals surface area contributed by atoms with E-state index in [0.717, 1.165) is 0 Å². The van der Waals surface area contributed by atoms with E-state index >= 15 is 0 Å². The Morgan fingerprint density at radius 1 is 0.650 bits per heavy atom. The summed E-state index contributed by atoms with van der Waals surface area (Å²) in [5.74, 6) is -0.601. The van der Waals surface area contributed by atoms with Crippen molar-refractivity contribution in [2.75, 3.05) is 0 Å². The van der Waals surface area contributed by atoms with E-state index in [1.165, 1.54) is 10.8 Å². The molecule has 3 aromatic rings. The summed E-state index contributed by atoms with van der Waals surface area (Å²) >= 11 is 0. The van der Waals surface area contributed by atoms with Crippen molar-refractivity contribution in [3.8, 4) is 0 Å². The van der Waals surface area contributed by atoms with Crippen LogP contribution in [-0.2, 0) is 0 Å². The van der Waals surface area contributed by atoms with Crippen LogP contribution in [0, 0.1) is 0 Å². The van der Waals surface area contributed by atoms with Gasteiger partial charge < -0.3 is 4.98 Å². The summed E-state index contributed by atoms with van der Waals surface area (Å²) in [5.41, 5.74) is 0.940. The van der Waals surface area contributed by atoms with Gasteiger partial charge >= 0.3 is 0 Å². The van der Waals surface area contributed by atoms with Crippen LogP contribution < -0.4 is 5.32 Å². The number of nitrogens with one attached hydrogen (secondary N) is 2. The Kier molecular flexibility index (Phi) is 3.05. The maximum Gasteiger partial charge on any atom is 0.258 e. The minimum Gasteiger partial charge on any atom is -0.366 e. The molecule has 1 aromatic heterocycles. The summed E-state index contributed by atoms with van der Waals surface area (Å²) in [7, 11) is 0. The van der Waals surface area contributed by atoms with E-state index in [1.807, 2.05) is 24.5 Å². The number of hydrogen-bond donors (Lipinski definition) is 2. The Labute approximate surface area is 115 Å². The van der Waals surface area contributed by atoms with Crippen LogP contribution in [0.15, 0.2) is 60.9 Å². The summed E-state index contributed by atoms with van der Waals surface area (Å²) in [4.78, 5) is 24.9. The van der Waals surface area contributed by atoms with Crippen LogP contribution in [0.2, 0.25) is 0 Å². The molecule has 4 nitrogen and oxygen atoms in total. The Balaban J connectivity index is 0.000000123. The SMILES string of the molecule is O=C1NC(=O)c2ccccc21.c1ccc2c[nH]cc2c1. The first-order valence-corrected chi connectivity index (χ1v) is 6.22. The number of carbonyl (C=O) groups is 2. The molecular formula is C16H12N2O2. The van der Waals surface area contributed by atoms with Crippen molar-refractivity contribution in [1.29, 1.82) is 0 Å². The van der Waals surface area contributed by atoms with Crippen LogP contribution in [0.4, 0.5) is 0 Å². The first-order chi connectivity index (χ1) is 9.75. The lowest BCUT2D eigenvalue weighted by atomic mass is 10.1. The Hall–Kier alpha value is -2.88. The number of carbonyl (C=O) groups excluding carboxylic acids is 2. The molecule has 2 N–H and O–H groups in total. The van der Waals surface area contributed by atoms with Gasteiger partial charge in [-0.3, -0.25) is 14.9 Å². The Morgan fingerprint density at radius 3 is 1.60 bits per heavy atom. The number of aromatic amines is 1. The minimum atomic E-state index is -0.300. The summed E-state index contributed by atoms with van der Waals surface area (Å²) in [6.07, 6.45) is 3.99. The highest BCUT2D eigenvalue weighted by atomic mass is 16.2. The van der Waals surface area contributed by atoms with Gasteiger partial charge in [-0.2, -0.15) is 0 Å². The zero-order valence-electron chi connectivity index (χ0n) is 10.6. The zero-order valence-corrected chi connectivity index (χ0v) is 10.6. The number of aromatic nitrogens is 1. The lowest BCUT2D eigenvalue weighted by Gasteiger charge is -1.88. The van der Waals surface area contributed by atoms with Crippen LogP contribution in [-0.4, -0.2) is 16.8 Å². The highest BCUT2D eigenvalue weighted by Crippen LogP contribution is 2.13. The molecule has 4 heteroatoms. The second-order valence-corrected chi connectivity index (χ2v) is 4.41. The smallest absolute Gasteiger partial charge is 0.258 e. The van der Waals surface area contributed by atoms with Gasteiger partial charge in [0.1, 0.15) is 0 Å². The van der Waals surface area contributed by atoms with Gasteiger partial charge in [0, 0.05) is 12.4 Å². The second-order valence-electron chi connectivity index (χ2n) is 4.41. The van der Waals surface area contributed by atoms with Crippen molar-refractivity contribution in [2.45, 2.75) is 0 Å². The standard InChI is InChI=1S/C8H5NO2.C8H7N/c10-7-5-3-1-2-4-6(5)8(11)9-7;1-2-4-8-6-9-5-7(8)3-1/h1-4H,(H,9,10,11);1-6,9H. The molecule has 0 saturated carbocycles. The molecule has 0 radical (unpaired) electrons. The summed E-state index contributed by atoms with van der Waals surface area (Å²) < 4.78 is 0. The molecule has 0 bridgehead atoms. The molecule has 0 spiro atoms. The van der Waals surface area contributed by atoms with Gasteiger partial charge in [0.15, 0.2) is 0 Å². The number of hydrogen-bond acceptors (Lipinski definition) is 2. The van der Waals surface area contributed by atoms with Gasteiger partial charge in [0.2, 0.25) is 0 Å². The molecule has 98 valence electrons. The van der Waals surface area contributed by atoms with Crippen LogP contribution in [0.1, 0.15) is 20.7 Å². The minimum absolute atomic E-state index is 0.300. The van der Waals surface area contributed by atoms with Crippen molar-refractivity contribution in [3.63, 3.8) is 0 Å². The maximum atomic E-state index is 10.9. The van der Waals surface area contributed by atoms with E-state index in [-0.39, 0.29) is 11.8 Å². The molecule has 0 fully saturated rings. The maximum absolute atomic E-state index is 10.9. The molecule has 20 heavy (non-hydrogen) atoms. The third-order valence-corrected chi connectivity index (χ3v) is 3.12. The van der Waals surface area contributed by atoms with Gasteiger partial charge in [-0.25, -0.2) is 0 Å². The summed E-state index contributed by atoms with van der Waals surface area (Å²) in [6, 6.07) is 15.0. The molecule has 4 rings (SSSR count). The fraction of sp³-hybridized carbons (Fsp3) is 0. The number of benzene rings is 2. The van der Waals surface area contributed by atoms with Gasteiger partial charge in [0.05, 0.1) is 11.1 Å². The highest BCUT2D eigenvalue weighted by molar-refractivity contribution is 6.21. The molecule has 0 atom stereocenters. The number of H-pyrrole nitrogens is 1. The first-order valence-electron chi connectivity index (χ1n) is 6.22. The van der Waals surface area contributed by atoms with Crippen LogP contribution in [0.5, 0.6) is 0 Å². The van der Waals surface area contributed by atoms with Crippen molar-refractivity contribution in [3.05, 3.63) is 72.1 Å². The van der Waals surface area contributed by atoms with Crippen molar-refractivity contribution in [1.82, 2.24) is 10.3 Å². The monoisotopic (exact) mass is 264 g/mol. The third kappa shape index (κ3) is 2.19. The Bertz CT molecular complexity index is 727. The van der Waals surface area contributed by atoms with E-state index in [9.17, 15) is 9.59 Å². The molecule has 2 heterocycles. The molecule has 2 aromatic carbocycles. The van der Waals surface area contributed by atoms with Gasteiger partial charge in [-0.1, -0.05) is 36.4 Å². The van der Waals surface area contributed by atoms with E-state index in [1.54, 1.807) is 24.3 Å². The number of fused-ring (bicyclic) bond motifs is 2. The van der Waals surface area contributed by atoms with Gasteiger partial charge in [-0.05, 0) is 22.9 Å². The fourth-order valence-electron chi connectivity index (χ4n) is 2.11. The lowest BCUT2D eigenvalue weighted by Crippen LogP contribution is -2.19. The van der Waals surface area contributed by atoms with E-state index in [2.05, 4.69) is 22.4 Å². The average Bonchev–Trinajstić information content (AvgIpc) is 3.06. The van der Waals surface area contributed by atoms with E-state index in [0.29, 0.717) is 11.1 Å². The molecule has 0 unspecified atom stereocenters. The molecule has 0 aliphatic carbocycles. The largest absolute Gasteiger partial charge is 0.366 e. The predicted molar refractivity (Wildman–Crippen MR) is 76.5 cm³/mol. The topological polar surface area (TPSA) is 62.0 Å². The van der Waals surface area contributed by atoms with Crippen molar-refractivity contribution in [2.24, 2.45) is 0 Å². The lowest BCUT2D eigenvalue weighted by molar-refractivity contribution is 0.0879. The molecule has 2 amide bonds. The summed E-state index contributed by atoms with van der Waals surface area (Å²) in [6.45, 7) is 0. The molecule has 0 saturated heterocycles.